The number of aromatic nitrogens is 2. The fraction of sp³-hybridized carbons (Fsp3) is 0.556. The molecule has 0 atom stereocenters. The molecule has 0 aliphatic carbocycles. The molecule has 24 heavy (non-hydrogen) atoms. The normalized spacial score (nSPS) is 19.5. The Morgan fingerprint density at radius 2 is 1.96 bits per heavy atom. The van der Waals surface area contributed by atoms with E-state index in [4.69, 9.17) is 4.98 Å². The Morgan fingerprint density at radius 3 is 2.71 bits per heavy atom. The molecule has 5 nitrogen and oxygen atoms in total. The third-order valence-corrected chi connectivity index (χ3v) is 6.14. The van der Waals surface area contributed by atoms with Gasteiger partial charge in [0.05, 0.1) is 11.4 Å². The highest BCUT2D eigenvalue weighted by molar-refractivity contribution is 7.15. The van der Waals surface area contributed by atoms with Crippen molar-refractivity contribution in [3.63, 3.8) is 0 Å². The molecule has 4 heterocycles. The lowest BCUT2D eigenvalue weighted by Crippen LogP contribution is -2.46. The monoisotopic (exact) mass is 343 g/mol. The van der Waals surface area contributed by atoms with Gasteiger partial charge in [0.25, 0.3) is 0 Å². The van der Waals surface area contributed by atoms with Crippen LogP contribution in [-0.2, 0) is 19.5 Å². The summed E-state index contributed by atoms with van der Waals surface area (Å²) in [5.74, 6) is 0. The van der Waals surface area contributed by atoms with Crippen LogP contribution in [0.5, 0.6) is 0 Å². The smallest absolute Gasteiger partial charge is 0.185 e. The van der Waals surface area contributed by atoms with Gasteiger partial charge in [0.15, 0.2) is 5.13 Å². The Balaban J connectivity index is 1.41. The number of piperazine rings is 1. The Kier molecular flexibility index (Phi) is 4.78. The molecule has 0 aromatic carbocycles. The minimum absolute atomic E-state index is 0.933. The van der Waals surface area contributed by atoms with E-state index in [-0.39, 0.29) is 0 Å². The molecule has 6 heteroatoms. The third kappa shape index (κ3) is 3.45. The maximum atomic E-state index is 4.95. The maximum absolute atomic E-state index is 4.95. The first-order chi connectivity index (χ1) is 11.8. The Hall–Kier alpha value is -1.50. The summed E-state index contributed by atoms with van der Waals surface area (Å²) in [6.45, 7) is 11.0. The van der Waals surface area contributed by atoms with Gasteiger partial charge in [0.1, 0.15) is 0 Å². The standard InChI is InChI=1S/C18H25N5S/c1-2-21-9-11-23(12-10-21)18-20-16-6-8-22(14-17(16)24-18)13-15-5-3-4-7-19-15/h3-5,7H,2,6,8-14H2,1H3. The van der Waals surface area contributed by atoms with Gasteiger partial charge in [0, 0.05) is 63.3 Å². The van der Waals surface area contributed by atoms with Gasteiger partial charge in [-0.05, 0) is 18.7 Å². The van der Waals surface area contributed by atoms with Crippen molar-refractivity contribution in [1.29, 1.82) is 0 Å². The molecule has 128 valence electrons. The molecule has 0 bridgehead atoms. The van der Waals surface area contributed by atoms with E-state index in [1.807, 2.05) is 23.6 Å². The lowest BCUT2D eigenvalue weighted by molar-refractivity contribution is 0.244. The van der Waals surface area contributed by atoms with Crippen molar-refractivity contribution in [1.82, 2.24) is 19.8 Å². The zero-order chi connectivity index (χ0) is 16.4. The lowest BCUT2D eigenvalue weighted by atomic mass is 10.1. The number of anilines is 1. The number of hydrogen-bond acceptors (Lipinski definition) is 6. The van der Waals surface area contributed by atoms with E-state index in [2.05, 4.69) is 38.7 Å². The molecule has 1 saturated heterocycles. The lowest BCUT2D eigenvalue weighted by Gasteiger charge is -2.33. The molecule has 2 aromatic rings. The fourth-order valence-electron chi connectivity index (χ4n) is 3.48. The quantitative estimate of drug-likeness (QED) is 0.851. The van der Waals surface area contributed by atoms with Gasteiger partial charge in [-0.1, -0.05) is 13.0 Å². The molecule has 0 saturated carbocycles. The maximum Gasteiger partial charge on any atom is 0.185 e. The summed E-state index contributed by atoms with van der Waals surface area (Å²) in [5.41, 5.74) is 2.48. The summed E-state index contributed by atoms with van der Waals surface area (Å²) in [6.07, 6.45) is 2.94. The number of thiazole rings is 1. The number of hydrogen-bond donors (Lipinski definition) is 0. The first-order valence-electron chi connectivity index (χ1n) is 8.90. The predicted octanol–water partition coefficient (Wildman–Crippen LogP) is 2.24. The molecule has 2 aromatic heterocycles. The Morgan fingerprint density at radius 1 is 1.08 bits per heavy atom. The fourth-order valence-corrected chi connectivity index (χ4v) is 4.68. The summed E-state index contributed by atoms with van der Waals surface area (Å²) in [5, 5.41) is 1.23. The van der Waals surface area contributed by atoms with E-state index in [0.717, 1.165) is 64.5 Å². The average Bonchev–Trinajstić information content (AvgIpc) is 3.06. The van der Waals surface area contributed by atoms with Gasteiger partial charge < -0.3 is 9.80 Å². The van der Waals surface area contributed by atoms with Crippen molar-refractivity contribution < 1.29 is 0 Å². The third-order valence-electron chi connectivity index (χ3n) is 5.00. The van der Waals surface area contributed by atoms with Crippen LogP contribution in [0.15, 0.2) is 24.4 Å². The van der Waals surface area contributed by atoms with Crippen LogP contribution < -0.4 is 4.90 Å². The van der Waals surface area contributed by atoms with Crippen LogP contribution in [0.1, 0.15) is 23.2 Å². The van der Waals surface area contributed by atoms with Crippen molar-refractivity contribution in [3.8, 4) is 0 Å². The SMILES string of the molecule is CCN1CCN(c2nc3c(s2)CN(Cc2ccccn2)CC3)CC1. The summed E-state index contributed by atoms with van der Waals surface area (Å²) >= 11 is 1.90. The van der Waals surface area contributed by atoms with E-state index in [1.54, 1.807) is 0 Å². The van der Waals surface area contributed by atoms with Crippen LogP contribution in [0, 0.1) is 0 Å². The molecular weight excluding hydrogens is 318 g/mol. The predicted molar refractivity (Wildman–Crippen MR) is 98.5 cm³/mol. The van der Waals surface area contributed by atoms with Gasteiger partial charge in [-0.2, -0.15) is 0 Å². The van der Waals surface area contributed by atoms with E-state index in [0.29, 0.717) is 0 Å². The highest BCUT2D eigenvalue weighted by atomic mass is 32.1. The zero-order valence-corrected chi connectivity index (χ0v) is 15.1. The number of rotatable bonds is 4. The number of pyridine rings is 1. The number of likely N-dealkylation sites (N-methyl/N-ethyl adjacent to an activating group) is 1. The first kappa shape index (κ1) is 16.0. The van der Waals surface area contributed by atoms with Crippen molar-refractivity contribution in [3.05, 3.63) is 40.7 Å². The van der Waals surface area contributed by atoms with E-state index < -0.39 is 0 Å². The average molecular weight is 344 g/mol. The molecule has 0 radical (unpaired) electrons. The summed E-state index contributed by atoms with van der Waals surface area (Å²) in [7, 11) is 0. The van der Waals surface area contributed by atoms with Crippen LogP contribution in [-0.4, -0.2) is 59.0 Å². The molecular formula is C18H25N5S. The minimum Gasteiger partial charge on any atom is -0.346 e. The van der Waals surface area contributed by atoms with Gasteiger partial charge in [-0.3, -0.25) is 9.88 Å². The van der Waals surface area contributed by atoms with Gasteiger partial charge >= 0.3 is 0 Å². The molecule has 0 spiro atoms. The van der Waals surface area contributed by atoms with Crippen LogP contribution in [0.4, 0.5) is 5.13 Å². The largest absolute Gasteiger partial charge is 0.346 e. The van der Waals surface area contributed by atoms with Crippen molar-refractivity contribution in [2.45, 2.75) is 26.4 Å². The van der Waals surface area contributed by atoms with Crippen molar-refractivity contribution in [2.75, 3.05) is 44.2 Å². The first-order valence-corrected chi connectivity index (χ1v) is 9.71. The van der Waals surface area contributed by atoms with Gasteiger partial charge in [0.2, 0.25) is 0 Å². The summed E-state index contributed by atoms with van der Waals surface area (Å²) in [6, 6.07) is 6.16. The van der Waals surface area contributed by atoms with E-state index in [1.165, 1.54) is 15.7 Å². The topological polar surface area (TPSA) is 35.5 Å². The second-order valence-electron chi connectivity index (χ2n) is 6.57. The molecule has 0 N–H and O–H groups in total. The molecule has 0 amide bonds. The minimum atomic E-state index is 0.933. The van der Waals surface area contributed by atoms with E-state index >= 15 is 0 Å². The second-order valence-corrected chi connectivity index (χ2v) is 7.63. The molecule has 4 rings (SSSR count). The van der Waals surface area contributed by atoms with Crippen LogP contribution >= 0.6 is 11.3 Å². The van der Waals surface area contributed by atoms with Crippen molar-refractivity contribution >= 4 is 16.5 Å². The number of nitrogens with zero attached hydrogens (tertiary/aromatic N) is 5. The molecule has 0 unspecified atom stereocenters. The van der Waals surface area contributed by atoms with Crippen LogP contribution in [0.3, 0.4) is 0 Å². The van der Waals surface area contributed by atoms with Gasteiger partial charge in [-0.25, -0.2) is 4.98 Å². The Labute approximate surface area is 147 Å². The molecule has 1 fully saturated rings. The second kappa shape index (κ2) is 7.17. The summed E-state index contributed by atoms with van der Waals surface area (Å²) in [4.78, 5) is 18.3. The van der Waals surface area contributed by atoms with E-state index in [9.17, 15) is 0 Å². The highest BCUT2D eigenvalue weighted by Crippen LogP contribution is 2.31. The Bertz CT molecular complexity index is 663. The van der Waals surface area contributed by atoms with Crippen LogP contribution in [0.25, 0.3) is 0 Å². The zero-order valence-electron chi connectivity index (χ0n) is 14.3. The molecule has 2 aliphatic heterocycles. The van der Waals surface area contributed by atoms with Crippen molar-refractivity contribution in [2.24, 2.45) is 0 Å². The van der Waals surface area contributed by atoms with Gasteiger partial charge in [-0.15, -0.1) is 11.3 Å². The molecule has 2 aliphatic rings. The summed E-state index contributed by atoms with van der Waals surface area (Å²) < 4.78 is 0. The van der Waals surface area contributed by atoms with Crippen LogP contribution in [0.2, 0.25) is 0 Å². The number of fused-ring (bicyclic) bond motifs is 1. The highest BCUT2D eigenvalue weighted by Gasteiger charge is 2.24.